The van der Waals surface area contributed by atoms with Crippen LogP contribution in [0.4, 0.5) is 0 Å². The van der Waals surface area contributed by atoms with Crippen LogP contribution in [0, 0.1) is 0 Å². The highest BCUT2D eigenvalue weighted by atomic mass is 32.1. The second-order valence-corrected chi connectivity index (χ2v) is 5.43. The molecule has 0 saturated carbocycles. The minimum Gasteiger partial charge on any atom is -0.493 e. The Morgan fingerprint density at radius 3 is 2.79 bits per heavy atom. The lowest BCUT2D eigenvalue weighted by molar-refractivity contribution is 0.322. The molecule has 0 aliphatic carbocycles. The zero-order chi connectivity index (χ0) is 17.0. The van der Waals surface area contributed by atoms with Crippen LogP contribution >= 0.6 is 12.2 Å². The van der Waals surface area contributed by atoms with Gasteiger partial charge in [0.1, 0.15) is 5.75 Å². The van der Waals surface area contributed by atoms with E-state index >= 15 is 0 Å². The van der Waals surface area contributed by atoms with Gasteiger partial charge in [-0.2, -0.15) is 5.10 Å². The van der Waals surface area contributed by atoms with Crippen molar-refractivity contribution >= 4 is 23.5 Å². The van der Waals surface area contributed by atoms with Crippen molar-refractivity contribution in [3.63, 3.8) is 0 Å². The van der Waals surface area contributed by atoms with Crippen molar-refractivity contribution in [3.05, 3.63) is 78.4 Å². The van der Waals surface area contributed by atoms with Crippen LogP contribution < -0.4 is 15.5 Å². The number of hydrazone groups is 1. The summed E-state index contributed by atoms with van der Waals surface area (Å²) in [5, 5.41) is 7.49. The first-order valence-corrected chi connectivity index (χ1v) is 8.13. The normalized spacial score (nSPS) is 10.3. The minimum absolute atomic E-state index is 0.460. The molecule has 0 aliphatic heterocycles. The Balaban J connectivity index is 1.80. The van der Waals surface area contributed by atoms with Crippen LogP contribution in [-0.4, -0.2) is 24.5 Å². The maximum absolute atomic E-state index is 5.80. The number of hydrogen-bond donors (Lipinski definition) is 2. The van der Waals surface area contributed by atoms with Gasteiger partial charge in [-0.1, -0.05) is 48.5 Å². The maximum Gasteiger partial charge on any atom is 0.187 e. The van der Waals surface area contributed by atoms with Crippen LogP contribution in [0.15, 0.2) is 72.4 Å². The summed E-state index contributed by atoms with van der Waals surface area (Å²) in [5.74, 6) is 0.822. The maximum atomic E-state index is 5.80. The molecule has 124 valence electrons. The summed E-state index contributed by atoms with van der Waals surface area (Å²) in [4.78, 5) is 0. The van der Waals surface area contributed by atoms with Gasteiger partial charge < -0.3 is 10.1 Å². The molecule has 0 unspecified atom stereocenters. The van der Waals surface area contributed by atoms with Crippen molar-refractivity contribution in [1.82, 2.24) is 10.7 Å². The fourth-order valence-electron chi connectivity index (χ4n) is 1.99. The van der Waals surface area contributed by atoms with Gasteiger partial charge in [-0.15, -0.1) is 6.58 Å². The Labute approximate surface area is 148 Å². The van der Waals surface area contributed by atoms with Gasteiger partial charge in [-0.25, -0.2) is 0 Å². The molecule has 2 rings (SSSR count). The molecule has 5 heteroatoms. The minimum atomic E-state index is 0.460. The average molecular weight is 339 g/mol. The number of nitrogens with one attached hydrogen (secondary N) is 2. The number of rotatable bonds is 8. The molecule has 2 aromatic rings. The lowest BCUT2D eigenvalue weighted by atomic mass is 10.2. The van der Waals surface area contributed by atoms with Crippen molar-refractivity contribution < 1.29 is 4.74 Å². The van der Waals surface area contributed by atoms with E-state index in [-0.39, 0.29) is 0 Å². The number of thiocarbonyl (C=S) groups is 1. The van der Waals surface area contributed by atoms with Crippen molar-refractivity contribution in [1.29, 1.82) is 0 Å². The van der Waals surface area contributed by atoms with E-state index < -0.39 is 0 Å². The molecule has 0 heterocycles. The summed E-state index contributed by atoms with van der Waals surface area (Å²) in [6.07, 6.45) is 4.31. The van der Waals surface area contributed by atoms with E-state index in [4.69, 9.17) is 17.0 Å². The van der Waals surface area contributed by atoms with E-state index in [9.17, 15) is 0 Å². The first kappa shape index (κ1) is 17.7. The third kappa shape index (κ3) is 6.62. The SMILES string of the molecule is C=CCNC(=S)NN=Cc1cccc(OCCc2ccccc2)c1. The smallest absolute Gasteiger partial charge is 0.187 e. The van der Waals surface area contributed by atoms with E-state index in [1.807, 2.05) is 42.5 Å². The van der Waals surface area contributed by atoms with Crippen LogP contribution in [0.25, 0.3) is 0 Å². The summed E-state index contributed by atoms with van der Waals surface area (Å²) >= 11 is 5.06. The largest absolute Gasteiger partial charge is 0.493 e. The summed E-state index contributed by atoms with van der Waals surface area (Å²) in [6, 6.07) is 18.1. The zero-order valence-electron chi connectivity index (χ0n) is 13.4. The highest BCUT2D eigenvalue weighted by Crippen LogP contribution is 2.12. The van der Waals surface area contributed by atoms with E-state index in [0.717, 1.165) is 17.7 Å². The van der Waals surface area contributed by atoms with Gasteiger partial charge in [-0.05, 0) is 35.5 Å². The topological polar surface area (TPSA) is 45.7 Å². The predicted octanol–water partition coefficient (Wildman–Crippen LogP) is 3.29. The first-order chi connectivity index (χ1) is 11.8. The lowest BCUT2D eigenvalue weighted by Gasteiger charge is -2.07. The van der Waals surface area contributed by atoms with Crippen LogP contribution in [-0.2, 0) is 6.42 Å². The molecular formula is C19H21N3OS. The van der Waals surface area contributed by atoms with Gasteiger partial charge in [0.2, 0.25) is 0 Å². The Morgan fingerprint density at radius 1 is 1.17 bits per heavy atom. The third-order valence-corrected chi connectivity index (χ3v) is 3.38. The fraction of sp³-hybridized carbons (Fsp3) is 0.158. The quantitative estimate of drug-likeness (QED) is 0.335. The molecule has 0 bridgehead atoms. The predicted molar refractivity (Wildman–Crippen MR) is 104 cm³/mol. The molecule has 24 heavy (non-hydrogen) atoms. The second kappa shape index (κ2) is 10.2. The molecule has 0 saturated heterocycles. The molecule has 2 N–H and O–H groups in total. The molecule has 0 radical (unpaired) electrons. The Bertz CT molecular complexity index is 686. The standard InChI is InChI=1S/C19H21N3OS/c1-2-12-20-19(24)22-21-15-17-9-6-10-18(14-17)23-13-11-16-7-4-3-5-8-16/h2-10,14-15H,1,11-13H2,(H2,20,22,24). The molecular weight excluding hydrogens is 318 g/mol. The average Bonchev–Trinajstić information content (AvgIpc) is 2.61. The Kier molecular flexibility index (Phi) is 7.50. The van der Waals surface area contributed by atoms with Gasteiger partial charge in [-0.3, -0.25) is 5.43 Å². The number of ether oxygens (including phenoxy) is 1. The molecule has 4 nitrogen and oxygen atoms in total. The van der Waals surface area contributed by atoms with Crippen LogP contribution in [0.2, 0.25) is 0 Å². The zero-order valence-corrected chi connectivity index (χ0v) is 14.3. The lowest BCUT2D eigenvalue weighted by Crippen LogP contribution is -2.31. The number of benzene rings is 2. The highest BCUT2D eigenvalue weighted by Gasteiger charge is 1.97. The fourth-order valence-corrected chi connectivity index (χ4v) is 2.12. The van der Waals surface area contributed by atoms with Crippen molar-refractivity contribution in [2.24, 2.45) is 5.10 Å². The summed E-state index contributed by atoms with van der Waals surface area (Å²) in [5.41, 5.74) is 4.95. The van der Waals surface area contributed by atoms with E-state index in [1.165, 1.54) is 5.56 Å². The molecule has 0 aromatic heterocycles. The van der Waals surface area contributed by atoms with Gasteiger partial charge in [0, 0.05) is 13.0 Å². The van der Waals surface area contributed by atoms with Gasteiger partial charge in [0.05, 0.1) is 12.8 Å². The van der Waals surface area contributed by atoms with Gasteiger partial charge >= 0.3 is 0 Å². The summed E-state index contributed by atoms with van der Waals surface area (Å²) < 4.78 is 5.80. The molecule has 0 amide bonds. The van der Waals surface area contributed by atoms with Gasteiger partial charge in [0.25, 0.3) is 0 Å². The third-order valence-electron chi connectivity index (χ3n) is 3.15. The van der Waals surface area contributed by atoms with Crippen molar-refractivity contribution in [2.45, 2.75) is 6.42 Å². The molecule has 0 aliphatic rings. The molecule has 2 aromatic carbocycles. The van der Waals surface area contributed by atoms with E-state index in [2.05, 4.69) is 34.6 Å². The van der Waals surface area contributed by atoms with Crippen molar-refractivity contribution in [3.8, 4) is 5.75 Å². The van der Waals surface area contributed by atoms with Crippen LogP contribution in [0.5, 0.6) is 5.75 Å². The Hall–Kier alpha value is -2.66. The monoisotopic (exact) mass is 339 g/mol. The molecule has 0 fully saturated rings. The van der Waals surface area contributed by atoms with E-state index in [0.29, 0.717) is 18.3 Å². The molecule has 0 spiro atoms. The van der Waals surface area contributed by atoms with Crippen LogP contribution in [0.1, 0.15) is 11.1 Å². The second-order valence-electron chi connectivity index (χ2n) is 5.03. The Morgan fingerprint density at radius 2 is 2.00 bits per heavy atom. The summed E-state index contributed by atoms with van der Waals surface area (Å²) in [7, 11) is 0. The van der Waals surface area contributed by atoms with Crippen molar-refractivity contribution in [2.75, 3.05) is 13.2 Å². The number of hydrogen-bond acceptors (Lipinski definition) is 3. The van der Waals surface area contributed by atoms with Gasteiger partial charge in [0.15, 0.2) is 5.11 Å². The van der Waals surface area contributed by atoms with E-state index in [1.54, 1.807) is 12.3 Å². The summed E-state index contributed by atoms with van der Waals surface area (Å²) in [6.45, 7) is 4.85. The highest BCUT2D eigenvalue weighted by molar-refractivity contribution is 7.80. The number of nitrogens with zero attached hydrogens (tertiary/aromatic N) is 1. The van der Waals surface area contributed by atoms with Crippen LogP contribution in [0.3, 0.4) is 0 Å². The molecule has 0 atom stereocenters. The first-order valence-electron chi connectivity index (χ1n) is 7.72.